The van der Waals surface area contributed by atoms with E-state index in [1.54, 1.807) is 0 Å². The number of carbonyl (C=O) groups is 1. The van der Waals surface area contributed by atoms with E-state index in [2.05, 4.69) is 21.2 Å². The van der Waals surface area contributed by atoms with Crippen molar-refractivity contribution >= 4 is 27.3 Å². The van der Waals surface area contributed by atoms with Crippen LogP contribution in [0.25, 0.3) is 5.57 Å². The summed E-state index contributed by atoms with van der Waals surface area (Å²) in [7, 11) is 1.32. The molecule has 0 aromatic heterocycles. The molecule has 0 spiro atoms. The van der Waals surface area contributed by atoms with E-state index in [0.717, 1.165) is 6.07 Å². The van der Waals surface area contributed by atoms with E-state index >= 15 is 0 Å². The van der Waals surface area contributed by atoms with Gasteiger partial charge in [-0.25, -0.2) is 0 Å². The second-order valence-corrected chi connectivity index (χ2v) is 5.81. The number of allylic oxidation sites excluding steroid dienone is 2. The van der Waals surface area contributed by atoms with Crippen molar-refractivity contribution < 1.29 is 31.1 Å². The maximum absolute atomic E-state index is 12.9. The normalized spacial score (nSPS) is 19.5. The van der Waals surface area contributed by atoms with E-state index in [-0.39, 0.29) is 21.3 Å². The summed E-state index contributed by atoms with van der Waals surface area (Å²) in [6, 6.07) is 2.92. The Hall–Kier alpha value is -1.51. The molecule has 0 fully saturated rings. The molecular weight excluding hydrogens is 392 g/mol. The minimum atomic E-state index is -4.75. The predicted molar refractivity (Wildman–Crippen MR) is 74.3 cm³/mol. The first kappa shape index (κ1) is 17.8. The van der Waals surface area contributed by atoms with E-state index in [4.69, 9.17) is 0 Å². The molecule has 1 aliphatic rings. The molecule has 1 aromatic carbocycles. The van der Waals surface area contributed by atoms with Crippen LogP contribution >= 0.6 is 15.9 Å². The summed E-state index contributed by atoms with van der Waals surface area (Å²) in [5, 5.41) is 2.48. The molecule has 23 heavy (non-hydrogen) atoms. The van der Waals surface area contributed by atoms with Crippen LogP contribution in [0.15, 0.2) is 28.4 Å². The molecule has 0 radical (unpaired) electrons. The summed E-state index contributed by atoms with van der Waals surface area (Å²) in [4.78, 5) is 12.1. The first-order chi connectivity index (χ1) is 10.5. The van der Waals surface area contributed by atoms with Crippen molar-refractivity contribution in [1.82, 2.24) is 5.32 Å². The van der Waals surface area contributed by atoms with Crippen molar-refractivity contribution in [3.05, 3.63) is 39.5 Å². The highest BCUT2D eigenvalue weighted by atomic mass is 79.9. The zero-order valence-corrected chi connectivity index (χ0v) is 13.2. The molecule has 0 saturated heterocycles. The Labute approximate surface area is 135 Å². The maximum atomic E-state index is 12.9. The van der Waals surface area contributed by atoms with Gasteiger partial charge < -0.3 is 5.32 Å². The number of alkyl halides is 6. The zero-order valence-electron chi connectivity index (χ0n) is 11.6. The highest BCUT2D eigenvalue weighted by Gasteiger charge is 2.50. The molecule has 1 aliphatic carbocycles. The fourth-order valence-corrected chi connectivity index (χ4v) is 2.90. The van der Waals surface area contributed by atoms with Crippen molar-refractivity contribution in [2.75, 3.05) is 7.05 Å². The first-order valence-corrected chi connectivity index (χ1v) is 7.15. The monoisotopic (exact) mass is 401 g/mol. The lowest BCUT2D eigenvalue weighted by atomic mass is 9.97. The molecule has 126 valence electrons. The van der Waals surface area contributed by atoms with Crippen LogP contribution in [0.2, 0.25) is 0 Å². The first-order valence-electron chi connectivity index (χ1n) is 6.35. The molecular formula is C14H10BrF6NO. The Balaban J connectivity index is 2.54. The van der Waals surface area contributed by atoms with Gasteiger partial charge in [-0.2, -0.15) is 26.3 Å². The van der Waals surface area contributed by atoms with Crippen LogP contribution in [0.1, 0.15) is 17.5 Å². The van der Waals surface area contributed by atoms with E-state index in [1.165, 1.54) is 13.1 Å². The number of benzene rings is 1. The van der Waals surface area contributed by atoms with Gasteiger partial charge in [-0.05, 0) is 17.7 Å². The second kappa shape index (κ2) is 5.85. The SMILES string of the molecule is CNC1=C(c2ccc(Br)c(C(F)(F)F)c2)C(=O)C(C(F)(F)F)C1. The Morgan fingerprint density at radius 2 is 1.78 bits per heavy atom. The topological polar surface area (TPSA) is 29.1 Å². The lowest BCUT2D eigenvalue weighted by molar-refractivity contribution is -0.176. The van der Waals surface area contributed by atoms with Crippen molar-refractivity contribution in [3.63, 3.8) is 0 Å². The lowest BCUT2D eigenvalue weighted by Crippen LogP contribution is -2.28. The van der Waals surface area contributed by atoms with Gasteiger partial charge in [-0.3, -0.25) is 4.79 Å². The minimum absolute atomic E-state index is 0.0206. The summed E-state index contributed by atoms with van der Waals surface area (Å²) in [5.41, 5.74) is -1.62. The number of halogens is 7. The van der Waals surface area contributed by atoms with Gasteiger partial charge >= 0.3 is 12.4 Å². The van der Waals surface area contributed by atoms with Gasteiger partial charge in [0.25, 0.3) is 0 Å². The number of ketones is 1. The molecule has 0 heterocycles. The number of nitrogens with one attached hydrogen (secondary N) is 1. The van der Waals surface area contributed by atoms with E-state index in [1.807, 2.05) is 0 Å². The molecule has 2 nitrogen and oxygen atoms in total. The van der Waals surface area contributed by atoms with Gasteiger partial charge in [0.15, 0.2) is 5.78 Å². The van der Waals surface area contributed by atoms with Crippen LogP contribution in [0, 0.1) is 5.92 Å². The predicted octanol–water partition coefficient (Wildman–Crippen LogP) is 4.55. The van der Waals surface area contributed by atoms with Gasteiger partial charge in [0.1, 0.15) is 5.92 Å². The smallest absolute Gasteiger partial charge is 0.391 e. The average Bonchev–Trinajstić information content (AvgIpc) is 2.75. The van der Waals surface area contributed by atoms with E-state index in [9.17, 15) is 31.1 Å². The molecule has 0 saturated carbocycles. The molecule has 0 amide bonds. The molecule has 1 N–H and O–H groups in total. The van der Waals surface area contributed by atoms with Gasteiger partial charge in [0.05, 0.1) is 5.56 Å². The van der Waals surface area contributed by atoms with Crippen LogP contribution in [0.4, 0.5) is 26.3 Å². The summed E-state index contributed by atoms with van der Waals surface area (Å²) >= 11 is 2.75. The molecule has 1 aromatic rings. The third-order valence-corrected chi connectivity index (χ3v) is 4.22. The van der Waals surface area contributed by atoms with E-state index < -0.39 is 36.0 Å². The Kier molecular flexibility index (Phi) is 4.53. The highest BCUT2D eigenvalue weighted by Crippen LogP contribution is 2.44. The van der Waals surface area contributed by atoms with Crippen molar-refractivity contribution in [1.29, 1.82) is 0 Å². The maximum Gasteiger partial charge on any atom is 0.417 e. The van der Waals surface area contributed by atoms with Crippen molar-refractivity contribution in [2.24, 2.45) is 5.92 Å². The van der Waals surface area contributed by atoms with Crippen LogP contribution in [-0.2, 0) is 11.0 Å². The van der Waals surface area contributed by atoms with Crippen molar-refractivity contribution in [2.45, 2.75) is 18.8 Å². The van der Waals surface area contributed by atoms with Gasteiger partial charge in [0.2, 0.25) is 0 Å². The number of carbonyl (C=O) groups excluding carboxylic acids is 1. The van der Waals surface area contributed by atoms with Crippen LogP contribution in [-0.4, -0.2) is 19.0 Å². The summed E-state index contributed by atoms with van der Waals surface area (Å²) in [6.07, 6.45) is -10.0. The molecule has 0 aliphatic heterocycles. The second-order valence-electron chi connectivity index (χ2n) is 4.96. The number of hydrogen-bond acceptors (Lipinski definition) is 2. The molecule has 2 rings (SSSR count). The summed E-state index contributed by atoms with van der Waals surface area (Å²) < 4.78 is 77.2. The van der Waals surface area contributed by atoms with Gasteiger partial charge in [-0.15, -0.1) is 0 Å². The minimum Gasteiger partial charge on any atom is -0.391 e. The van der Waals surface area contributed by atoms with Crippen LogP contribution < -0.4 is 5.32 Å². The Morgan fingerprint density at radius 1 is 1.17 bits per heavy atom. The van der Waals surface area contributed by atoms with Gasteiger partial charge in [-0.1, -0.05) is 22.0 Å². The molecule has 0 bridgehead atoms. The summed E-state index contributed by atoms with van der Waals surface area (Å²) in [5.74, 6) is -3.46. The van der Waals surface area contributed by atoms with E-state index in [0.29, 0.717) is 6.07 Å². The molecule has 1 unspecified atom stereocenters. The van der Waals surface area contributed by atoms with Crippen molar-refractivity contribution in [3.8, 4) is 0 Å². The standard InChI is InChI=1S/C14H10BrF6NO/c1-22-10-5-8(14(19,20)21)12(23)11(10)6-2-3-9(15)7(4-6)13(16,17)18/h2-4,8,22H,5H2,1H3. The lowest BCUT2D eigenvalue weighted by Gasteiger charge is -2.14. The Morgan fingerprint density at radius 3 is 2.26 bits per heavy atom. The number of Topliss-reactive ketones (excluding diaryl/α,β-unsaturated/α-hetero) is 1. The Bertz CT molecular complexity index is 677. The molecule has 1 atom stereocenters. The fraction of sp³-hybridized carbons (Fsp3) is 0.357. The summed E-state index contributed by atoms with van der Waals surface area (Å²) in [6.45, 7) is 0. The van der Waals surface area contributed by atoms with Crippen LogP contribution in [0.3, 0.4) is 0 Å². The number of rotatable bonds is 2. The quantitative estimate of drug-likeness (QED) is 0.736. The number of hydrogen-bond donors (Lipinski definition) is 1. The third-order valence-electron chi connectivity index (χ3n) is 3.53. The average molecular weight is 402 g/mol. The van der Waals surface area contributed by atoms with Gasteiger partial charge in [0, 0.05) is 29.2 Å². The highest BCUT2D eigenvalue weighted by molar-refractivity contribution is 9.10. The zero-order chi connectivity index (χ0) is 17.6. The largest absolute Gasteiger partial charge is 0.417 e. The fourth-order valence-electron chi connectivity index (χ4n) is 2.43. The molecule has 9 heteroatoms. The third kappa shape index (κ3) is 3.39. The van der Waals surface area contributed by atoms with Crippen LogP contribution in [0.5, 0.6) is 0 Å².